The maximum absolute atomic E-state index is 13.3. The third-order valence-corrected chi connectivity index (χ3v) is 8.25. The largest absolute Gasteiger partial charge is 0.482 e. The number of rotatable bonds is 7. The summed E-state index contributed by atoms with van der Waals surface area (Å²) in [6.45, 7) is 3.02. The molecule has 1 atom stereocenters. The third-order valence-electron chi connectivity index (χ3n) is 6.35. The molecule has 1 fully saturated rings. The van der Waals surface area contributed by atoms with E-state index in [0.29, 0.717) is 31.1 Å². The standard InChI is InChI=1S/C25H31N3O5S/c1-19(20-9-5-4-6-10-20)16-26-24(29)17-28-22-15-21(11-12-23(22)33-18-25(28)30)34(31,32)27-13-7-2-3-8-14-27/h4-6,9-12,15,19H,2-3,7-8,13-14,16-18H2,1H3,(H,26,29)/t19-/m0/s1. The van der Waals surface area contributed by atoms with Crippen LogP contribution in [0.5, 0.6) is 5.75 Å². The molecule has 2 heterocycles. The number of fused-ring (bicyclic) bond motifs is 1. The lowest BCUT2D eigenvalue weighted by atomic mass is 10.0. The highest BCUT2D eigenvalue weighted by Gasteiger charge is 2.31. The summed E-state index contributed by atoms with van der Waals surface area (Å²) >= 11 is 0. The van der Waals surface area contributed by atoms with Crippen molar-refractivity contribution < 1.29 is 22.7 Å². The van der Waals surface area contributed by atoms with Crippen LogP contribution in [0.2, 0.25) is 0 Å². The Morgan fingerprint density at radius 1 is 1.06 bits per heavy atom. The maximum Gasteiger partial charge on any atom is 0.265 e. The first kappa shape index (κ1) is 24.2. The van der Waals surface area contributed by atoms with E-state index in [-0.39, 0.29) is 35.8 Å². The molecule has 0 aromatic heterocycles. The van der Waals surface area contributed by atoms with E-state index in [4.69, 9.17) is 4.74 Å². The van der Waals surface area contributed by atoms with Gasteiger partial charge in [0, 0.05) is 19.6 Å². The van der Waals surface area contributed by atoms with Crippen molar-refractivity contribution in [3.63, 3.8) is 0 Å². The molecule has 1 saturated heterocycles. The van der Waals surface area contributed by atoms with Crippen LogP contribution < -0.4 is 15.0 Å². The van der Waals surface area contributed by atoms with Gasteiger partial charge >= 0.3 is 0 Å². The molecule has 8 nitrogen and oxygen atoms in total. The summed E-state index contributed by atoms with van der Waals surface area (Å²) in [5, 5.41) is 2.88. The Morgan fingerprint density at radius 3 is 2.47 bits per heavy atom. The van der Waals surface area contributed by atoms with E-state index in [1.165, 1.54) is 21.3 Å². The van der Waals surface area contributed by atoms with E-state index in [1.807, 2.05) is 37.3 Å². The fourth-order valence-corrected chi connectivity index (χ4v) is 5.85. The average molecular weight is 486 g/mol. The SMILES string of the molecule is C[C@@H](CNC(=O)CN1C(=O)COc2ccc(S(=O)(=O)N3CCCCCC3)cc21)c1ccccc1. The highest BCUT2D eigenvalue weighted by molar-refractivity contribution is 7.89. The van der Waals surface area contributed by atoms with E-state index in [9.17, 15) is 18.0 Å². The molecule has 0 unspecified atom stereocenters. The number of carbonyl (C=O) groups excluding carboxylic acids is 2. The van der Waals surface area contributed by atoms with E-state index in [0.717, 1.165) is 31.2 Å². The van der Waals surface area contributed by atoms with Gasteiger partial charge in [0.1, 0.15) is 12.3 Å². The fourth-order valence-electron chi connectivity index (χ4n) is 4.31. The van der Waals surface area contributed by atoms with Gasteiger partial charge in [-0.1, -0.05) is 50.1 Å². The molecule has 0 bridgehead atoms. The molecule has 2 aromatic carbocycles. The zero-order valence-corrected chi connectivity index (χ0v) is 20.2. The van der Waals surface area contributed by atoms with Crippen molar-refractivity contribution in [1.82, 2.24) is 9.62 Å². The first-order valence-corrected chi connectivity index (χ1v) is 13.2. The van der Waals surface area contributed by atoms with Gasteiger partial charge in [0.25, 0.3) is 5.91 Å². The zero-order valence-electron chi connectivity index (χ0n) is 19.4. The number of sulfonamides is 1. The molecular weight excluding hydrogens is 454 g/mol. The number of amides is 2. The van der Waals surface area contributed by atoms with Gasteiger partial charge < -0.3 is 10.1 Å². The van der Waals surface area contributed by atoms with Crippen molar-refractivity contribution in [2.45, 2.75) is 43.4 Å². The molecule has 1 N–H and O–H groups in total. The van der Waals surface area contributed by atoms with E-state index in [1.54, 1.807) is 6.07 Å². The molecular formula is C25H31N3O5S. The van der Waals surface area contributed by atoms with Crippen molar-refractivity contribution in [3.8, 4) is 5.75 Å². The first-order valence-electron chi connectivity index (χ1n) is 11.8. The van der Waals surface area contributed by atoms with Crippen molar-refractivity contribution in [2.75, 3.05) is 37.7 Å². The Balaban J connectivity index is 1.49. The molecule has 4 rings (SSSR count). The molecule has 2 amide bonds. The van der Waals surface area contributed by atoms with Crippen LogP contribution in [0, 0.1) is 0 Å². The Hall–Kier alpha value is -2.91. The second kappa shape index (κ2) is 10.6. The van der Waals surface area contributed by atoms with Crippen molar-refractivity contribution in [3.05, 3.63) is 54.1 Å². The molecule has 182 valence electrons. The van der Waals surface area contributed by atoms with Crippen LogP contribution in [-0.2, 0) is 19.6 Å². The number of nitrogens with one attached hydrogen (secondary N) is 1. The van der Waals surface area contributed by atoms with Gasteiger partial charge in [-0.05, 0) is 42.5 Å². The molecule has 34 heavy (non-hydrogen) atoms. The fraction of sp³-hybridized carbons (Fsp3) is 0.440. The predicted molar refractivity (Wildman–Crippen MR) is 129 cm³/mol. The monoisotopic (exact) mass is 485 g/mol. The summed E-state index contributed by atoms with van der Waals surface area (Å²) in [5.41, 5.74) is 1.41. The Kier molecular flexibility index (Phi) is 7.53. The molecule has 0 radical (unpaired) electrons. The Morgan fingerprint density at radius 2 is 1.76 bits per heavy atom. The average Bonchev–Trinajstić information content (AvgIpc) is 3.15. The van der Waals surface area contributed by atoms with Gasteiger partial charge in [0.2, 0.25) is 15.9 Å². The highest BCUT2D eigenvalue weighted by atomic mass is 32.2. The number of nitrogens with zero attached hydrogens (tertiary/aromatic N) is 2. The normalized spacial score (nSPS) is 17.9. The lowest BCUT2D eigenvalue weighted by molar-refractivity contribution is -0.125. The van der Waals surface area contributed by atoms with Crippen LogP contribution in [-0.4, -0.2) is 57.3 Å². The van der Waals surface area contributed by atoms with Crippen LogP contribution in [0.25, 0.3) is 0 Å². The van der Waals surface area contributed by atoms with Gasteiger partial charge in [0.15, 0.2) is 6.61 Å². The molecule has 0 spiro atoms. The van der Waals surface area contributed by atoms with Crippen LogP contribution in [0.15, 0.2) is 53.4 Å². The third kappa shape index (κ3) is 5.42. The highest BCUT2D eigenvalue weighted by Crippen LogP contribution is 2.35. The summed E-state index contributed by atoms with van der Waals surface area (Å²) in [6.07, 6.45) is 3.70. The van der Waals surface area contributed by atoms with Crippen molar-refractivity contribution in [1.29, 1.82) is 0 Å². The summed E-state index contributed by atoms with van der Waals surface area (Å²) in [6, 6.07) is 14.4. The number of hydrogen-bond donors (Lipinski definition) is 1. The summed E-state index contributed by atoms with van der Waals surface area (Å²) in [7, 11) is -3.70. The van der Waals surface area contributed by atoms with Gasteiger partial charge in [-0.25, -0.2) is 8.42 Å². The van der Waals surface area contributed by atoms with Gasteiger partial charge in [-0.3, -0.25) is 14.5 Å². The van der Waals surface area contributed by atoms with E-state index in [2.05, 4.69) is 5.32 Å². The molecule has 2 aromatic rings. The molecule has 9 heteroatoms. The lowest BCUT2D eigenvalue weighted by Crippen LogP contribution is -2.45. The Bertz CT molecular complexity index is 1130. The smallest absolute Gasteiger partial charge is 0.265 e. The van der Waals surface area contributed by atoms with Crippen LogP contribution in [0.3, 0.4) is 0 Å². The molecule has 2 aliphatic heterocycles. The topological polar surface area (TPSA) is 96.0 Å². The van der Waals surface area contributed by atoms with Crippen LogP contribution in [0.1, 0.15) is 44.1 Å². The number of carbonyl (C=O) groups is 2. The molecule has 0 aliphatic carbocycles. The number of anilines is 1. The van der Waals surface area contributed by atoms with E-state index >= 15 is 0 Å². The molecule has 2 aliphatic rings. The summed E-state index contributed by atoms with van der Waals surface area (Å²) in [4.78, 5) is 26.7. The zero-order chi connectivity index (χ0) is 24.1. The second-order valence-electron chi connectivity index (χ2n) is 8.83. The summed E-state index contributed by atoms with van der Waals surface area (Å²) < 4.78 is 33.5. The molecule has 0 saturated carbocycles. The van der Waals surface area contributed by atoms with E-state index < -0.39 is 10.0 Å². The van der Waals surface area contributed by atoms with Crippen LogP contribution in [0.4, 0.5) is 5.69 Å². The first-order chi connectivity index (χ1) is 16.4. The number of benzene rings is 2. The Labute approximate surface area is 200 Å². The van der Waals surface area contributed by atoms with Gasteiger partial charge in [-0.15, -0.1) is 0 Å². The van der Waals surface area contributed by atoms with Crippen molar-refractivity contribution >= 4 is 27.5 Å². The minimum Gasteiger partial charge on any atom is -0.482 e. The minimum atomic E-state index is -3.70. The lowest BCUT2D eigenvalue weighted by Gasteiger charge is -2.30. The van der Waals surface area contributed by atoms with Gasteiger partial charge in [-0.2, -0.15) is 4.31 Å². The maximum atomic E-state index is 13.3. The second-order valence-corrected chi connectivity index (χ2v) is 10.8. The minimum absolute atomic E-state index is 0.106. The van der Waals surface area contributed by atoms with Crippen molar-refractivity contribution in [2.24, 2.45) is 0 Å². The van der Waals surface area contributed by atoms with Gasteiger partial charge in [0.05, 0.1) is 10.6 Å². The number of ether oxygens (including phenoxy) is 1. The number of hydrogen-bond acceptors (Lipinski definition) is 5. The van der Waals surface area contributed by atoms with Crippen LogP contribution >= 0.6 is 0 Å². The predicted octanol–water partition coefficient (Wildman–Crippen LogP) is 2.90. The quantitative estimate of drug-likeness (QED) is 0.651. The summed E-state index contributed by atoms with van der Waals surface area (Å²) in [5.74, 6) is -0.198.